The van der Waals surface area contributed by atoms with Crippen molar-refractivity contribution in [2.24, 2.45) is 0 Å². The van der Waals surface area contributed by atoms with E-state index < -0.39 is 11.2 Å². The topological polar surface area (TPSA) is 126 Å². The first-order chi connectivity index (χ1) is 22.4. The van der Waals surface area contributed by atoms with Crippen LogP contribution in [0, 0.1) is 0 Å². The van der Waals surface area contributed by atoms with Gasteiger partial charge in [0.05, 0.1) is 43.9 Å². The third-order valence-electron chi connectivity index (χ3n) is 7.78. The first kappa shape index (κ1) is 30.1. The van der Waals surface area contributed by atoms with Crippen molar-refractivity contribution in [1.82, 2.24) is 23.8 Å². The van der Waals surface area contributed by atoms with E-state index in [-0.39, 0.29) is 24.6 Å². The van der Waals surface area contributed by atoms with E-state index in [1.54, 1.807) is 87.1 Å². The second-order valence-electron chi connectivity index (χ2n) is 10.7. The SMILES string of the molecule is COc1ccc(CCNC(=O)c2ccc(Cn3c(=O)c4ccccc4n(Cc4cc(=O)n5ccccc5n4)c3=O)cc2)cc1OC. The molecule has 0 spiro atoms. The summed E-state index contributed by atoms with van der Waals surface area (Å²) >= 11 is 0. The van der Waals surface area contributed by atoms with Gasteiger partial charge in [-0.15, -0.1) is 0 Å². The molecule has 1 amide bonds. The van der Waals surface area contributed by atoms with Crippen LogP contribution < -0.4 is 31.6 Å². The molecular weight excluding hydrogens is 586 g/mol. The summed E-state index contributed by atoms with van der Waals surface area (Å²) in [6, 6.07) is 25.9. The first-order valence-corrected chi connectivity index (χ1v) is 14.6. The highest BCUT2D eigenvalue weighted by molar-refractivity contribution is 5.94. The number of carbonyl (C=O) groups is 1. The van der Waals surface area contributed by atoms with Gasteiger partial charge < -0.3 is 14.8 Å². The fourth-order valence-electron chi connectivity index (χ4n) is 5.41. The van der Waals surface area contributed by atoms with Gasteiger partial charge in [0.1, 0.15) is 5.65 Å². The normalized spacial score (nSPS) is 11.1. The lowest BCUT2D eigenvalue weighted by molar-refractivity contribution is 0.0954. The number of ether oxygens (including phenoxy) is 2. The lowest BCUT2D eigenvalue weighted by Crippen LogP contribution is -2.40. The van der Waals surface area contributed by atoms with E-state index in [0.717, 1.165) is 10.1 Å². The van der Waals surface area contributed by atoms with Gasteiger partial charge in [0, 0.05) is 24.4 Å². The average Bonchev–Trinajstić information content (AvgIpc) is 3.08. The fraction of sp³-hybridized carbons (Fsp3) is 0.171. The van der Waals surface area contributed by atoms with Crippen LogP contribution in [0.5, 0.6) is 11.5 Å². The van der Waals surface area contributed by atoms with E-state index >= 15 is 0 Å². The number of fused-ring (bicyclic) bond motifs is 2. The smallest absolute Gasteiger partial charge is 0.332 e. The fourth-order valence-corrected chi connectivity index (χ4v) is 5.41. The van der Waals surface area contributed by atoms with Gasteiger partial charge in [-0.1, -0.05) is 36.4 Å². The van der Waals surface area contributed by atoms with E-state index in [2.05, 4.69) is 10.3 Å². The van der Waals surface area contributed by atoms with Crippen LogP contribution in [-0.2, 0) is 19.5 Å². The van der Waals surface area contributed by atoms with Crippen LogP contribution >= 0.6 is 0 Å². The van der Waals surface area contributed by atoms with Crippen LogP contribution in [0.15, 0.2) is 112 Å². The highest BCUT2D eigenvalue weighted by Crippen LogP contribution is 2.27. The minimum atomic E-state index is -0.532. The van der Waals surface area contributed by atoms with Crippen LogP contribution in [0.4, 0.5) is 0 Å². The van der Waals surface area contributed by atoms with Gasteiger partial charge in [-0.2, -0.15) is 0 Å². The number of hydrogen-bond acceptors (Lipinski definition) is 7. The Bertz CT molecular complexity index is 2250. The van der Waals surface area contributed by atoms with Crippen molar-refractivity contribution in [3.05, 3.63) is 151 Å². The highest BCUT2D eigenvalue weighted by Gasteiger charge is 2.15. The molecule has 3 aromatic carbocycles. The van der Waals surface area contributed by atoms with Gasteiger partial charge in [-0.25, -0.2) is 9.78 Å². The number of carbonyl (C=O) groups excluding carboxylic acids is 1. The predicted octanol–water partition coefficient (Wildman–Crippen LogP) is 3.26. The highest BCUT2D eigenvalue weighted by atomic mass is 16.5. The Morgan fingerprint density at radius 2 is 1.52 bits per heavy atom. The van der Waals surface area contributed by atoms with Gasteiger partial charge in [-0.05, 0) is 66.1 Å². The molecule has 11 heteroatoms. The Morgan fingerprint density at radius 3 is 2.30 bits per heavy atom. The van der Waals surface area contributed by atoms with Crippen LogP contribution in [-0.4, -0.2) is 45.2 Å². The van der Waals surface area contributed by atoms with Crippen molar-refractivity contribution in [1.29, 1.82) is 0 Å². The van der Waals surface area contributed by atoms with Crippen molar-refractivity contribution >= 4 is 22.5 Å². The Balaban J connectivity index is 1.21. The number of hydrogen-bond donors (Lipinski definition) is 1. The minimum absolute atomic E-state index is 0.00247. The second kappa shape index (κ2) is 12.9. The molecule has 0 aliphatic carbocycles. The Kier molecular flexibility index (Phi) is 8.46. The standard InChI is InChI=1S/C35H31N5O6/c1-45-29-15-12-23(19-30(29)46-2)16-17-36-33(42)25-13-10-24(11-14-25)21-40-34(43)27-7-3-4-8-28(27)39(35(40)44)22-26-20-32(41)38-18-6-5-9-31(38)37-26/h3-15,18-20H,16-17,21-22H2,1-2H3,(H,36,42). The first-order valence-electron chi connectivity index (χ1n) is 14.6. The molecule has 46 heavy (non-hydrogen) atoms. The monoisotopic (exact) mass is 617 g/mol. The molecule has 0 aliphatic rings. The number of benzene rings is 3. The summed E-state index contributed by atoms with van der Waals surface area (Å²) in [5, 5.41) is 3.28. The molecule has 0 unspecified atom stereocenters. The van der Waals surface area contributed by atoms with Crippen LogP contribution in [0.3, 0.4) is 0 Å². The van der Waals surface area contributed by atoms with Crippen LogP contribution in [0.1, 0.15) is 27.2 Å². The van der Waals surface area contributed by atoms with Gasteiger partial charge in [0.2, 0.25) is 0 Å². The largest absolute Gasteiger partial charge is 0.493 e. The van der Waals surface area contributed by atoms with E-state index in [4.69, 9.17) is 9.47 Å². The van der Waals surface area contributed by atoms with Gasteiger partial charge in [0.25, 0.3) is 17.0 Å². The van der Waals surface area contributed by atoms with Crippen molar-refractivity contribution in [2.75, 3.05) is 20.8 Å². The number of aromatic nitrogens is 4. The molecule has 232 valence electrons. The zero-order valence-electron chi connectivity index (χ0n) is 25.3. The van der Waals surface area contributed by atoms with Crippen molar-refractivity contribution in [3.63, 3.8) is 0 Å². The van der Waals surface area contributed by atoms with Crippen molar-refractivity contribution < 1.29 is 14.3 Å². The lowest BCUT2D eigenvalue weighted by Gasteiger charge is -2.14. The molecule has 0 atom stereocenters. The molecule has 0 saturated heterocycles. The van der Waals surface area contributed by atoms with Gasteiger partial charge in [0.15, 0.2) is 11.5 Å². The maximum Gasteiger partial charge on any atom is 0.332 e. The van der Waals surface area contributed by atoms with E-state index in [0.29, 0.717) is 57.8 Å². The number of nitrogens with one attached hydrogen (secondary N) is 1. The maximum atomic E-state index is 13.8. The third-order valence-corrected chi connectivity index (χ3v) is 7.78. The molecule has 11 nitrogen and oxygen atoms in total. The molecule has 0 radical (unpaired) electrons. The number of rotatable bonds is 10. The minimum Gasteiger partial charge on any atom is -0.493 e. The van der Waals surface area contributed by atoms with Gasteiger partial charge >= 0.3 is 5.69 Å². The maximum absolute atomic E-state index is 13.8. The zero-order valence-corrected chi connectivity index (χ0v) is 25.3. The molecule has 0 saturated carbocycles. The zero-order chi connectivity index (χ0) is 32.2. The number of para-hydroxylation sites is 1. The summed E-state index contributed by atoms with van der Waals surface area (Å²) in [5.74, 6) is 1.02. The summed E-state index contributed by atoms with van der Waals surface area (Å²) in [6.45, 7) is 0.418. The summed E-state index contributed by atoms with van der Waals surface area (Å²) in [4.78, 5) is 57.3. The molecule has 0 bridgehead atoms. The molecular formula is C35H31N5O6. The molecule has 3 aromatic heterocycles. The Labute approximate surface area is 262 Å². The summed E-state index contributed by atoms with van der Waals surface area (Å²) in [6.07, 6.45) is 2.23. The molecule has 3 heterocycles. The molecule has 1 N–H and O–H groups in total. The quantitative estimate of drug-likeness (QED) is 0.250. The number of methoxy groups -OCH3 is 2. The van der Waals surface area contributed by atoms with Gasteiger partial charge in [-0.3, -0.25) is 27.9 Å². The Morgan fingerprint density at radius 1 is 0.783 bits per heavy atom. The van der Waals surface area contributed by atoms with E-state index in [9.17, 15) is 19.2 Å². The predicted molar refractivity (Wildman–Crippen MR) is 174 cm³/mol. The van der Waals surface area contributed by atoms with Crippen molar-refractivity contribution in [2.45, 2.75) is 19.5 Å². The Hall–Kier alpha value is -5.97. The van der Waals surface area contributed by atoms with Crippen LogP contribution in [0.25, 0.3) is 16.6 Å². The summed E-state index contributed by atoms with van der Waals surface area (Å²) in [5.41, 5.74) is 2.19. The number of pyridine rings is 1. The van der Waals surface area contributed by atoms with Crippen LogP contribution in [0.2, 0.25) is 0 Å². The second-order valence-corrected chi connectivity index (χ2v) is 10.7. The summed E-state index contributed by atoms with van der Waals surface area (Å²) in [7, 11) is 3.15. The lowest BCUT2D eigenvalue weighted by atomic mass is 10.1. The third kappa shape index (κ3) is 6.03. The molecule has 0 fully saturated rings. The molecule has 0 aliphatic heterocycles. The summed E-state index contributed by atoms with van der Waals surface area (Å²) < 4.78 is 14.7. The van der Waals surface area contributed by atoms with E-state index in [1.165, 1.54) is 15.0 Å². The van der Waals surface area contributed by atoms with Crippen molar-refractivity contribution in [3.8, 4) is 11.5 Å². The molecule has 6 rings (SSSR count). The molecule has 6 aromatic rings. The average molecular weight is 618 g/mol. The number of nitrogens with zero attached hydrogens (tertiary/aromatic N) is 4. The number of amides is 1. The van der Waals surface area contributed by atoms with E-state index in [1.807, 2.05) is 18.2 Å².